The number of piperidine rings is 1. The van der Waals surface area contributed by atoms with Gasteiger partial charge in [0.25, 0.3) is 0 Å². The Morgan fingerprint density at radius 3 is 2.46 bits per heavy atom. The van der Waals surface area contributed by atoms with Crippen LogP contribution < -0.4 is 11.5 Å². The first kappa shape index (κ1) is 18.1. The van der Waals surface area contributed by atoms with Crippen molar-refractivity contribution in [2.24, 2.45) is 21.5 Å². The Bertz CT molecular complexity index is 730. The molecule has 6 heteroatoms. The van der Waals surface area contributed by atoms with Gasteiger partial charge in [0.15, 0.2) is 5.96 Å². The quantitative estimate of drug-likeness (QED) is 0.648. The highest BCUT2D eigenvalue weighted by molar-refractivity contribution is 5.93. The highest BCUT2D eigenvalue weighted by Gasteiger charge is 2.12. The molecule has 2 aromatic rings. The summed E-state index contributed by atoms with van der Waals surface area (Å²) in [6.07, 6.45) is 3.57. The van der Waals surface area contributed by atoms with Crippen LogP contribution in [0.3, 0.4) is 0 Å². The van der Waals surface area contributed by atoms with Crippen LogP contribution in [-0.4, -0.2) is 29.9 Å². The van der Waals surface area contributed by atoms with E-state index < -0.39 is 0 Å². The lowest BCUT2D eigenvalue weighted by molar-refractivity contribution is 0.339. The zero-order chi connectivity index (χ0) is 16.1. The number of hydrogen-bond donors (Lipinski definition) is 2. The summed E-state index contributed by atoms with van der Waals surface area (Å²) in [5.41, 5.74) is 13.1. The van der Waals surface area contributed by atoms with Crippen LogP contribution >= 0.6 is 12.4 Å². The largest absolute Gasteiger partial charge is 0.369 e. The molecule has 1 aliphatic heterocycles. The third-order valence-electron chi connectivity index (χ3n) is 4.20. The summed E-state index contributed by atoms with van der Waals surface area (Å²) in [7, 11) is 0. The molecule has 1 aliphatic rings. The van der Waals surface area contributed by atoms with Crippen molar-refractivity contribution in [2.75, 3.05) is 13.1 Å². The predicted molar refractivity (Wildman–Crippen MR) is 104 cm³/mol. The van der Waals surface area contributed by atoms with E-state index in [-0.39, 0.29) is 18.4 Å². The zero-order valence-electron chi connectivity index (χ0n) is 13.7. The average Bonchev–Trinajstić information content (AvgIpc) is 2.60. The van der Waals surface area contributed by atoms with Crippen LogP contribution in [0.25, 0.3) is 10.8 Å². The minimum Gasteiger partial charge on any atom is -0.369 e. The predicted octanol–water partition coefficient (Wildman–Crippen LogP) is 2.88. The van der Waals surface area contributed by atoms with Crippen LogP contribution in [0.15, 0.2) is 52.4 Å². The van der Waals surface area contributed by atoms with Crippen LogP contribution in [-0.2, 0) is 6.54 Å². The topological polar surface area (TPSA) is 80.0 Å². The van der Waals surface area contributed by atoms with E-state index in [4.69, 9.17) is 11.5 Å². The third-order valence-corrected chi connectivity index (χ3v) is 4.20. The van der Waals surface area contributed by atoms with Crippen molar-refractivity contribution in [3.8, 4) is 0 Å². The van der Waals surface area contributed by atoms with Gasteiger partial charge in [-0.2, -0.15) is 4.99 Å². The highest BCUT2D eigenvalue weighted by Crippen LogP contribution is 2.19. The van der Waals surface area contributed by atoms with Gasteiger partial charge in [0.2, 0.25) is 5.96 Å². The van der Waals surface area contributed by atoms with Gasteiger partial charge in [0, 0.05) is 13.1 Å². The molecule has 1 saturated heterocycles. The Morgan fingerprint density at radius 2 is 1.67 bits per heavy atom. The Kier molecular flexibility index (Phi) is 6.44. The molecule has 0 unspecified atom stereocenters. The highest BCUT2D eigenvalue weighted by atomic mass is 35.5. The molecule has 1 heterocycles. The molecule has 0 radical (unpaired) electrons. The van der Waals surface area contributed by atoms with E-state index in [9.17, 15) is 0 Å². The van der Waals surface area contributed by atoms with Gasteiger partial charge in [-0.3, -0.25) is 0 Å². The number of halogens is 1. The van der Waals surface area contributed by atoms with Gasteiger partial charge in [-0.1, -0.05) is 42.5 Å². The van der Waals surface area contributed by atoms with Crippen molar-refractivity contribution in [3.05, 3.63) is 48.0 Å². The molecule has 0 atom stereocenters. The Morgan fingerprint density at radius 1 is 0.958 bits per heavy atom. The van der Waals surface area contributed by atoms with Gasteiger partial charge in [0.05, 0.1) is 6.54 Å². The Hall–Kier alpha value is -2.27. The van der Waals surface area contributed by atoms with E-state index >= 15 is 0 Å². The molecule has 24 heavy (non-hydrogen) atoms. The number of likely N-dealkylation sites (tertiary alicyclic amines) is 1. The van der Waals surface area contributed by atoms with Crippen LogP contribution in [0.5, 0.6) is 0 Å². The molecular weight excluding hydrogens is 322 g/mol. The number of nitrogens with zero attached hydrogens (tertiary/aromatic N) is 3. The summed E-state index contributed by atoms with van der Waals surface area (Å²) in [6.45, 7) is 2.40. The molecule has 5 nitrogen and oxygen atoms in total. The number of benzene rings is 2. The van der Waals surface area contributed by atoms with Gasteiger partial charge in [-0.25, -0.2) is 4.99 Å². The Balaban J connectivity index is 0.00000208. The van der Waals surface area contributed by atoms with Crippen molar-refractivity contribution in [1.82, 2.24) is 4.90 Å². The summed E-state index contributed by atoms with van der Waals surface area (Å²) in [5, 5.41) is 2.40. The van der Waals surface area contributed by atoms with E-state index in [1.165, 1.54) is 17.2 Å². The van der Waals surface area contributed by atoms with Crippen molar-refractivity contribution in [3.63, 3.8) is 0 Å². The fourth-order valence-electron chi connectivity index (χ4n) is 2.94. The smallest absolute Gasteiger partial charge is 0.218 e. The van der Waals surface area contributed by atoms with Gasteiger partial charge in [-0.05, 0) is 35.6 Å². The van der Waals surface area contributed by atoms with Gasteiger partial charge in [-0.15, -0.1) is 12.4 Å². The molecular formula is C18H24ClN5. The molecule has 0 bridgehead atoms. The second kappa shape index (κ2) is 8.55. The third kappa shape index (κ3) is 4.38. The van der Waals surface area contributed by atoms with E-state index in [1.54, 1.807) is 0 Å². The molecule has 0 aliphatic carbocycles. The second-order valence-electron chi connectivity index (χ2n) is 5.83. The summed E-state index contributed by atoms with van der Waals surface area (Å²) < 4.78 is 0. The minimum atomic E-state index is 0. The molecule has 3 rings (SSSR count). The van der Waals surface area contributed by atoms with E-state index in [2.05, 4.69) is 39.2 Å². The minimum absolute atomic E-state index is 0. The summed E-state index contributed by atoms with van der Waals surface area (Å²) in [4.78, 5) is 10.7. The fraction of sp³-hybridized carbons (Fsp3) is 0.333. The van der Waals surface area contributed by atoms with E-state index in [0.29, 0.717) is 12.5 Å². The lowest BCUT2D eigenvalue weighted by Gasteiger charge is -2.27. The van der Waals surface area contributed by atoms with Crippen molar-refractivity contribution in [2.45, 2.75) is 25.8 Å². The standard InChI is InChI=1S/C18H23N5.ClH/c19-17(22-18(20)23-11-4-1-5-12-23)21-13-15-9-6-8-14-7-2-3-10-16(14)15;/h2-3,6-10H,1,4-5,11-13H2,(H4,19,20,21,22);1H. The van der Waals surface area contributed by atoms with Crippen LogP contribution in [0.4, 0.5) is 0 Å². The summed E-state index contributed by atoms with van der Waals surface area (Å²) in [6, 6.07) is 14.5. The molecule has 0 saturated carbocycles. The molecule has 4 N–H and O–H groups in total. The molecule has 0 spiro atoms. The van der Waals surface area contributed by atoms with Crippen LogP contribution in [0, 0.1) is 0 Å². The Labute approximate surface area is 148 Å². The number of guanidine groups is 2. The van der Waals surface area contributed by atoms with Crippen molar-refractivity contribution in [1.29, 1.82) is 0 Å². The summed E-state index contributed by atoms with van der Waals surface area (Å²) >= 11 is 0. The number of fused-ring (bicyclic) bond motifs is 1. The van der Waals surface area contributed by atoms with Crippen molar-refractivity contribution < 1.29 is 0 Å². The molecule has 0 amide bonds. The molecule has 128 valence electrons. The normalized spacial score (nSPS) is 16.1. The monoisotopic (exact) mass is 345 g/mol. The lowest BCUT2D eigenvalue weighted by Crippen LogP contribution is -2.41. The maximum Gasteiger partial charge on any atom is 0.218 e. The first-order chi connectivity index (χ1) is 11.2. The number of rotatable bonds is 2. The van der Waals surface area contributed by atoms with Crippen LogP contribution in [0.1, 0.15) is 24.8 Å². The first-order valence-electron chi connectivity index (χ1n) is 8.10. The van der Waals surface area contributed by atoms with Gasteiger partial charge >= 0.3 is 0 Å². The maximum atomic E-state index is 6.02. The molecule has 1 fully saturated rings. The average molecular weight is 346 g/mol. The molecule has 2 aromatic carbocycles. The number of aliphatic imine (C=N–C) groups is 2. The zero-order valence-corrected chi connectivity index (χ0v) is 14.5. The fourth-order valence-corrected chi connectivity index (χ4v) is 2.94. The van der Waals surface area contributed by atoms with E-state index in [1.807, 2.05) is 18.2 Å². The number of nitrogens with two attached hydrogens (primary N) is 2. The maximum absolute atomic E-state index is 6.02. The SMILES string of the molecule is Cl.NC(=NCc1cccc2ccccc12)N=C(N)N1CCCCC1. The van der Waals surface area contributed by atoms with Gasteiger partial charge < -0.3 is 16.4 Å². The lowest BCUT2D eigenvalue weighted by atomic mass is 10.1. The molecule has 0 aromatic heterocycles. The van der Waals surface area contributed by atoms with Crippen LogP contribution in [0.2, 0.25) is 0 Å². The van der Waals surface area contributed by atoms with Gasteiger partial charge in [0.1, 0.15) is 0 Å². The second-order valence-corrected chi connectivity index (χ2v) is 5.83. The number of hydrogen-bond acceptors (Lipinski definition) is 1. The first-order valence-corrected chi connectivity index (χ1v) is 8.10. The van der Waals surface area contributed by atoms with Crippen molar-refractivity contribution >= 4 is 35.1 Å². The summed E-state index contributed by atoms with van der Waals surface area (Å²) in [5.74, 6) is 0.713. The van der Waals surface area contributed by atoms with E-state index in [0.717, 1.165) is 31.5 Å².